The van der Waals surface area contributed by atoms with Crippen molar-refractivity contribution >= 4 is 5.97 Å². The molecular weight excluding hydrogens is 234 g/mol. The van der Waals surface area contributed by atoms with Crippen LogP contribution in [0.4, 0.5) is 0 Å². The molecule has 0 aromatic heterocycles. The Labute approximate surface area is 109 Å². The Morgan fingerprint density at radius 3 is 2.61 bits per heavy atom. The minimum Gasteiger partial charge on any atom is -0.481 e. The zero-order valence-corrected chi connectivity index (χ0v) is 11.3. The molecule has 1 heterocycles. The Morgan fingerprint density at radius 1 is 1.28 bits per heavy atom. The molecule has 18 heavy (non-hydrogen) atoms. The zero-order valence-electron chi connectivity index (χ0n) is 11.3. The SMILES string of the molecule is COCCCCN1CCC(OCCC(=O)O)CC1. The van der Waals surface area contributed by atoms with Crippen molar-refractivity contribution in [3.05, 3.63) is 0 Å². The smallest absolute Gasteiger partial charge is 0.305 e. The van der Waals surface area contributed by atoms with Crippen LogP contribution in [0, 0.1) is 0 Å². The van der Waals surface area contributed by atoms with Crippen LogP contribution in [0.3, 0.4) is 0 Å². The van der Waals surface area contributed by atoms with Gasteiger partial charge in [0.2, 0.25) is 0 Å². The number of hydrogen-bond donors (Lipinski definition) is 1. The average molecular weight is 259 g/mol. The summed E-state index contributed by atoms with van der Waals surface area (Å²) in [5.74, 6) is -0.787. The summed E-state index contributed by atoms with van der Waals surface area (Å²) in [7, 11) is 1.74. The second kappa shape index (κ2) is 9.30. The van der Waals surface area contributed by atoms with Crippen LogP contribution in [0.25, 0.3) is 0 Å². The van der Waals surface area contributed by atoms with E-state index in [1.807, 2.05) is 0 Å². The van der Waals surface area contributed by atoms with E-state index in [4.69, 9.17) is 14.6 Å². The van der Waals surface area contributed by atoms with E-state index in [9.17, 15) is 4.79 Å². The van der Waals surface area contributed by atoms with Gasteiger partial charge >= 0.3 is 5.97 Å². The average Bonchev–Trinajstić information content (AvgIpc) is 2.36. The number of methoxy groups -OCH3 is 1. The lowest BCUT2D eigenvalue weighted by Crippen LogP contribution is -2.37. The zero-order chi connectivity index (χ0) is 13.2. The van der Waals surface area contributed by atoms with Crippen molar-refractivity contribution < 1.29 is 19.4 Å². The Balaban J connectivity index is 2.00. The molecule has 0 saturated carbocycles. The standard InChI is InChI=1S/C13H25NO4/c1-17-10-3-2-7-14-8-4-12(5-9-14)18-11-6-13(15)16/h12H,2-11H2,1H3,(H,15,16). The maximum absolute atomic E-state index is 10.4. The summed E-state index contributed by atoms with van der Waals surface area (Å²) in [6.45, 7) is 4.43. The molecule has 1 aliphatic heterocycles. The van der Waals surface area contributed by atoms with Gasteiger partial charge in [-0.25, -0.2) is 0 Å². The molecule has 0 amide bonds. The summed E-state index contributed by atoms with van der Waals surface area (Å²) >= 11 is 0. The van der Waals surface area contributed by atoms with Gasteiger partial charge in [0.15, 0.2) is 0 Å². The third-order valence-corrected chi connectivity index (χ3v) is 3.28. The molecule has 1 rings (SSSR count). The summed E-state index contributed by atoms with van der Waals surface area (Å²) in [4.78, 5) is 12.8. The second-order valence-corrected chi connectivity index (χ2v) is 4.76. The first-order valence-electron chi connectivity index (χ1n) is 6.77. The lowest BCUT2D eigenvalue weighted by atomic mass is 10.1. The number of nitrogens with zero attached hydrogens (tertiary/aromatic N) is 1. The molecule has 1 aliphatic rings. The molecule has 0 aromatic rings. The maximum atomic E-state index is 10.4. The van der Waals surface area contributed by atoms with Crippen LogP contribution >= 0.6 is 0 Å². The summed E-state index contributed by atoms with van der Waals surface area (Å²) in [5, 5.41) is 8.53. The molecule has 0 unspecified atom stereocenters. The van der Waals surface area contributed by atoms with E-state index in [0.29, 0.717) is 6.61 Å². The van der Waals surface area contributed by atoms with Gasteiger partial charge in [-0.3, -0.25) is 4.79 Å². The van der Waals surface area contributed by atoms with Crippen LogP contribution in [0.5, 0.6) is 0 Å². The number of carbonyl (C=O) groups is 1. The molecule has 1 N–H and O–H groups in total. The number of piperidine rings is 1. The van der Waals surface area contributed by atoms with Gasteiger partial charge in [-0.15, -0.1) is 0 Å². The number of unbranched alkanes of at least 4 members (excludes halogenated alkanes) is 1. The Bertz CT molecular complexity index is 227. The normalized spacial score (nSPS) is 18.1. The van der Waals surface area contributed by atoms with Crippen molar-refractivity contribution in [3.8, 4) is 0 Å². The first-order chi connectivity index (χ1) is 8.72. The van der Waals surface area contributed by atoms with Crippen molar-refractivity contribution in [3.63, 3.8) is 0 Å². The number of likely N-dealkylation sites (tertiary alicyclic amines) is 1. The Kier molecular flexibility index (Phi) is 7.96. The highest BCUT2D eigenvalue weighted by Crippen LogP contribution is 2.14. The van der Waals surface area contributed by atoms with Gasteiger partial charge in [-0.05, 0) is 32.2 Å². The van der Waals surface area contributed by atoms with E-state index in [1.54, 1.807) is 7.11 Å². The lowest BCUT2D eigenvalue weighted by molar-refractivity contribution is -0.138. The molecule has 5 nitrogen and oxygen atoms in total. The molecule has 0 radical (unpaired) electrons. The second-order valence-electron chi connectivity index (χ2n) is 4.76. The minimum atomic E-state index is -0.787. The van der Waals surface area contributed by atoms with Crippen molar-refractivity contribution in [1.82, 2.24) is 4.90 Å². The highest BCUT2D eigenvalue weighted by atomic mass is 16.5. The monoisotopic (exact) mass is 259 g/mol. The van der Waals surface area contributed by atoms with Crippen molar-refractivity contribution in [2.45, 2.75) is 38.2 Å². The molecule has 106 valence electrons. The third kappa shape index (κ3) is 6.93. The van der Waals surface area contributed by atoms with Gasteiger partial charge in [-0.2, -0.15) is 0 Å². The fraction of sp³-hybridized carbons (Fsp3) is 0.923. The minimum absolute atomic E-state index is 0.108. The number of rotatable bonds is 9. The van der Waals surface area contributed by atoms with Crippen molar-refractivity contribution in [2.75, 3.05) is 40.0 Å². The molecule has 1 saturated heterocycles. The molecular formula is C13H25NO4. The van der Waals surface area contributed by atoms with Gasteiger partial charge in [0.05, 0.1) is 19.1 Å². The fourth-order valence-corrected chi connectivity index (χ4v) is 2.19. The van der Waals surface area contributed by atoms with Crippen molar-refractivity contribution in [1.29, 1.82) is 0 Å². The first kappa shape index (κ1) is 15.4. The number of hydrogen-bond acceptors (Lipinski definition) is 4. The van der Waals surface area contributed by atoms with Gasteiger partial charge in [0.1, 0.15) is 0 Å². The number of carboxylic acids is 1. The summed E-state index contributed by atoms with van der Waals surface area (Å²) in [6, 6.07) is 0. The molecule has 0 aromatic carbocycles. The number of aliphatic carboxylic acids is 1. The largest absolute Gasteiger partial charge is 0.481 e. The quantitative estimate of drug-likeness (QED) is 0.634. The topological polar surface area (TPSA) is 59.0 Å². The lowest BCUT2D eigenvalue weighted by Gasteiger charge is -2.31. The van der Waals surface area contributed by atoms with Crippen LogP contribution < -0.4 is 0 Å². The molecule has 0 atom stereocenters. The van der Waals surface area contributed by atoms with Crippen LogP contribution in [-0.2, 0) is 14.3 Å². The van der Waals surface area contributed by atoms with Crippen LogP contribution in [-0.4, -0.2) is 62.0 Å². The molecule has 0 spiro atoms. The van der Waals surface area contributed by atoms with E-state index >= 15 is 0 Å². The predicted octanol–water partition coefficient (Wildman–Crippen LogP) is 1.37. The molecule has 0 bridgehead atoms. The Hall–Kier alpha value is -0.650. The van der Waals surface area contributed by atoms with Crippen LogP contribution in [0.15, 0.2) is 0 Å². The summed E-state index contributed by atoms with van der Waals surface area (Å²) in [5.41, 5.74) is 0. The fourth-order valence-electron chi connectivity index (χ4n) is 2.19. The highest BCUT2D eigenvalue weighted by Gasteiger charge is 2.19. The first-order valence-corrected chi connectivity index (χ1v) is 6.77. The van der Waals surface area contributed by atoms with E-state index < -0.39 is 5.97 Å². The molecule has 0 aliphatic carbocycles. The predicted molar refractivity (Wildman–Crippen MR) is 68.8 cm³/mol. The van der Waals surface area contributed by atoms with E-state index in [0.717, 1.165) is 45.5 Å². The summed E-state index contributed by atoms with van der Waals surface area (Å²) < 4.78 is 10.6. The molecule has 5 heteroatoms. The van der Waals surface area contributed by atoms with Crippen LogP contribution in [0.2, 0.25) is 0 Å². The molecule has 1 fully saturated rings. The van der Waals surface area contributed by atoms with Gasteiger partial charge < -0.3 is 19.5 Å². The number of carboxylic acid groups (broad SMARTS) is 1. The maximum Gasteiger partial charge on any atom is 0.305 e. The third-order valence-electron chi connectivity index (χ3n) is 3.28. The van der Waals surface area contributed by atoms with E-state index in [2.05, 4.69) is 4.90 Å². The van der Waals surface area contributed by atoms with Crippen molar-refractivity contribution in [2.24, 2.45) is 0 Å². The number of ether oxygens (including phenoxy) is 2. The Morgan fingerprint density at radius 2 is 2.00 bits per heavy atom. The van der Waals surface area contributed by atoms with E-state index in [-0.39, 0.29) is 12.5 Å². The summed E-state index contributed by atoms with van der Waals surface area (Å²) in [6.07, 6.45) is 4.69. The van der Waals surface area contributed by atoms with Gasteiger partial charge in [0.25, 0.3) is 0 Å². The van der Waals surface area contributed by atoms with Crippen LogP contribution in [0.1, 0.15) is 32.1 Å². The highest BCUT2D eigenvalue weighted by molar-refractivity contribution is 5.66. The van der Waals surface area contributed by atoms with Gasteiger partial charge in [-0.1, -0.05) is 0 Å². The van der Waals surface area contributed by atoms with E-state index in [1.165, 1.54) is 6.42 Å². The van der Waals surface area contributed by atoms with Gasteiger partial charge in [0, 0.05) is 26.8 Å².